The lowest BCUT2D eigenvalue weighted by molar-refractivity contribution is 0.748. The Morgan fingerprint density at radius 3 is 1.19 bits per heavy atom. The Labute approximate surface area is 445 Å². The minimum absolute atomic E-state index is 0.501. The van der Waals surface area contributed by atoms with E-state index in [4.69, 9.17) is 0 Å². The van der Waals surface area contributed by atoms with Crippen molar-refractivity contribution < 1.29 is 0 Å². The number of benzene rings is 12. The number of aromatic nitrogens is 2. The van der Waals surface area contributed by atoms with Gasteiger partial charge in [0.2, 0.25) is 0 Å². The van der Waals surface area contributed by atoms with Crippen LogP contribution >= 0.6 is 0 Å². The fourth-order valence-electron chi connectivity index (χ4n) is 15.4. The molecule has 0 bridgehead atoms. The van der Waals surface area contributed by atoms with E-state index < -0.39 is 10.8 Å². The molecule has 3 aliphatic carbocycles. The first-order chi connectivity index (χ1) is 38.3. The maximum absolute atomic E-state index is 2.61. The minimum Gasteiger partial charge on any atom is -0.309 e. The Morgan fingerprint density at radius 1 is 0.260 bits per heavy atom. The second-order valence-electron chi connectivity index (χ2n) is 21.4. The predicted octanol–water partition coefficient (Wildman–Crippen LogP) is 18.4. The van der Waals surface area contributed by atoms with Gasteiger partial charge in [0.1, 0.15) is 0 Å². The lowest BCUT2D eigenvalue weighted by Crippen LogP contribution is -2.33. The summed E-state index contributed by atoms with van der Waals surface area (Å²) in [6.07, 6.45) is 0. The van der Waals surface area contributed by atoms with Gasteiger partial charge in [0.15, 0.2) is 0 Å². The van der Waals surface area contributed by atoms with Crippen molar-refractivity contribution in [3.8, 4) is 44.8 Å². The molecule has 1 unspecified atom stereocenters. The summed E-state index contributed by atoms with van der Waals surface area (Å²) in [5.74, 6) is 0. The molecule has 18 rings (SSSR count). The van der Waals surface area contributed by atoms with Crippen LogP contribution in [0.1, 0.15) is 44.5 Å². The topological polar surface area (TPSA) is 13.1 Å². The molecule has 0 radical (unpaired) electrons. The predicted molar refractivity (Wildman–Crippen MR) is 317 cm³/mol. The van der Waals surface area contributed by atoms with Crippen molar-refractivity contribution in [2.45, 2.75) is 10.8 Å². The second-order valence-corrected chi connectivity index (χ2v) is 21.4. The summed E-state index contributed by atoms with van der Waals surface area (Å²) in [4.78, 5) is 2.61. The monoisotopic (exact) mass is 975 g/mol. The van der Waals surface area contributed by atoms with E-state index in [0.29, 0.717) is 0 Å². The summed E-state index contributed by atoms with van der Waals surface area (Å²) in [7, 11) is 0. The average Bonchev–Trinajstić information content (AvgIpc) is 4.47. The van der Waals surface area contributed by atoms with Crippen molar-refractivity contribution >= 4 is 60.7 Å². The number of anilines is 3. The fraction of sp³-hybridized carbons (Fsp3) is 0.0270. The van der Waals surface area contributed by atoms with Crippen molar-refractivity contribution in [3.63, 3.8) is 0 Å². The molecule has 3 heteroatoms. The van der Waals surface area contributed by atoms with Gasteiger partial charge < -0.3 is 14.0 Å². The van der Waals surface area contributed by atoms with E-state index in [1.807, 2.05) is 0 Å². The normalized spacial score (nSPS) is 15.4. The minimum atomic E-state index is -0.610. The summed E-state index contributed by atoms with van der Waals surface area (Å²) < 4.78 is 4.96. The van der Waals surface area contributed by atoms with Crippen LogP contribution in [0.4, 0.5) is 17.1 Å². The van der Waals surface area contributed by atoms with E-state index >= 15 is 0 Å². The van der Waals surface area contributed by atoms with Gasteiger partial charge in [0.05, 0.1) is 50.0 Å². The highest BCUT2D eigenvalue weighted by Crippen LogP contribution is 2.67. The molecule has 12 aromatic carbocycles. The Kier molecular flexibility index (Phi) is 8.00. The maximum Gasteiger partial charge on any atom is 0.0755 e. The smallest absolute Gasteiger partial charge is 0.0755 e. The molecule has 1 aliphatic heterocycles. The van der Waals surface area contributed by atoms with Gasteiger partial charge in [-0.2, -0.15) is 0 Å². The van der Waals surface area contributed by atoms with Gasteiger partial charge in [-0.25, -0.2) is 0 Å². The van der Waals surface area contributed by atoms with E-state index in [-0.39, 0.29) is 0 Å². The third-order valence-corrected chi connectivity index (χ3v) is 18.1. The highest BCUT2D eigenvalue weighted by atomic mass is 15.2. The fourth-order valence-corrected chi connectivity index (χ4v) is 15.4. The molecule has 0 N–H and O–H groups in total. The molecular weight excluding hydrogens is 931 g/mol. The molecule has 0 saturated heterocycles. The molecule has 3 nitrogen and oxygen atoms in total. The van der Waals surface area contributed by atoms with Crippen LogP contribution in [0.3, 0.4) is 0 Å². The van der Waals surface area contributed by atoms with E-state index in [1.165, 1.54) is 127 Å². The zero-order valence-electron chi connectivity index (χ0n) is 41.8. The van der Waals surface area contributed by atoms with Crippen molar-refractivity contribution in [1.29, 1.82) is 0 Å². The number of para-hydroxylation sites is 5. The van der Waals surface area contributed by atoms with Crippen LogP contribution in [0.2, 0.25) is 0 Å². The van der Waals surface area contributed by atoms with Crippen molar-refractivity contribution in [2.24, 2.45) is 0 Å². The number of hydrogen-bond acceptors (Lipinski definition) is 1. The SMILES string of the molecule is c1ccc2c(c1)-c1ccccc1C21c2ccccc2-c2c(N(c3ccc(-n4c5ccccc5c5ccccc54)cc3)c3cccc4c3-c3ccccc3C43c4ccccc4-n4c5ccccc5c5cccc3c54)cccc21. The van der Waals surface area contributed by atoms with Gasteiger partial charge >= 0.3 is 0 Å². The van der Waals surface area contributed by atoms with Gasteiger partial charge in [-0.1, -0.05) is 212 Å². The molecule has 1 atom stereocenters. The van der Waals surface area contributed by atoms with E-state index in [0.717, 1.165) is 22.7 Å². The van der Waals surface area contributed by atoms with Crippen LogP contribution in [0, 0.1) is 0 Å². The maximum atomic E-state index is 2.61. The summed E-state index contributed by atoms with van der Waals surface area (Å²) >= 11 is 0. The van der Waals surface area contributed by atoms with E-state index in [1.54, 1.807) is 0 Å². The highest BCUT2D eigenvalue weighted by Gasteiger charge is 2.54. The zero-order valence-corrected chi connectivity index (χ0v) is 41.8. The first-order valence-corrected chi connectivity index (χ1v) is 26.9. The largest absolute Gasteiger partial charge is 0.309 e. The van der Waals surface area contributed by atoms with Gasteiger partial charge in [0.25, 0.3) is 0 Å². The quantitative estimate of drug-likeness (QED) is 0.171. The first-order valence-electron chi connectivity index (χ1n) is 26.9. The molecular formula is C74H45N3. The Hall–Kier alpha value is -9.96. The van der Waals surface area contributed by atoms with Crippen LogP contribution in [0.15, 0.2) is 273 Å². The molecule has 77 heavy (non-hydrogen) atoms. The third kappa shape index (κ3) is 4.94. The summed E-state index contributed by atoms with van der Waals surface area (Å²) in [5.41, 5.74) is 27.7. The summed E-state index contributed by atoms with van der Waals surface area (Å²) in [6, 6.07) is 103. The van der Waals surface area contributed by atoms with Crippen LogP contribution in [-0.2, 0) is 10.8 Å². The average molecular weight is 976 g/mol. The van der Waals surface area contributed by atoms with Crippen molar-refractivity contribution in [3.05, 3.63) is 317 Å². The summed E-state index contributed by atoms with van der Waals surface area (Å²) in [6.45, 7) is 0. The Bertz CT molecular complexity index is 4790. The molecule has 14 aromatic rings. The lowest BCUT2D eigenvalue weighted by atomic mass is 9.65. The first kappa shape index (κ1) is 41.4. The van der Waals surface area contributed by atoms with Gasteiger partial charge in [-0.3, -0.25) is 0 Å². The second kappa shape index (κ2) is 14.9. The number of rotatable bonds is 4. The highest BCUT2D eigenvalue weighted by molar-refractivity contribution is 6.14. The molecule has 2 spiro atoms. The molecule has 356 valence electrons. The number of nitrogens with zero attached hydrogens (tertiary/aromatic N) is 3. The molecule has 4 aliphatic rings. The molecule has 3 heterocycles. The van der Waals surface area contributed by atoms with E-state index in [9.17, 15) is 0 Å². The van der Waals surface area contributed by atoms with Crippen LogP contribution in [0.5, 0.6) is 0 Å². The van der Waals surface area contributed by atoms with Gasteiger partial charge in [-0.15, -0.1) is 0 Å². The van der Waals surface area contributed by atoms with E-state index in [2.05, 4.69) is 287 Å². The molecule has 0 fully saturated rings. The van der Waals surface area contributed by atoms with Crippen LogP contribution in [-0.4, -0.2) is 9.13 Å². The molecule has 2 aromatic heterocycles. The standard InChI is InChI=1S/C74H45N3/c1-8-28-56-48(20-1)49-21-2-9-29-57(49)73(56)58-30-10-3-25-54(58)70-61(73)33-18-40-68(70)76(47-44-42-46(43-45-47)75-64-36-13-5-22-50(64)51-23-6-14-37-65(51)75)69-41-19-34-62-71(69)55-26-4-11-31-59(55)74(62)60-32-12-16-39-67(60)77-66-38-15-7-24-52(66)53-27-17-35-63(74)72(53)77/h1-45H. The van der Waals surface area contributed by atoms with Gasteiger partial charge in [-0.05, 0) is 127 Å². The van der Waals surface area contributed by atoms with Gasteiger partial charge in [0, 0.05) is 44.0 Å². The van der Waals surface area contributed by atoms with Crippen LogP contribution in [0.25, 0.3) is 88.4 Å². The van der Waals surface area contributed by atoms with Crippen LogP contribution < -0.4 is 4.90 Å². The molecule has 0 amide bonds. The lowest BCUT2D eigenvalue weighted by Gasteiger charge is -2.39. The van der Waals surface area contributed by atoms with Crippen molar-refractivity contribution in [1.82, 2.24) is 9.13 Å². The Morgan fingerprint density at radius 2 is 0.636 bits per heavy atom. The molecule has 0 saturated carbocycles. The number of hydrogen-bond donors (Lipinski definition) is 0. The Balaban J connectivity index is 0.947. The zero-order chi connectivity index (χ0) is 50.1. The van der Waals surface area contributed by atoms with Crippen molar-refractivity contribution in [2.75, 3.05) is 4.90 Å². The number of fused-ring (bicyclic) bond motifs is 25. The summed E-state index contributed by atoms with van der Waals surface area (Å²) in [5, 5.41) is 5.06. The third-order valence-electron chi connectivity index (χ3n) is 18.1.